The van der Waals surface area contributed by atoms with Crippen LogP contribution in [0.5, 0.6) is 5.75 Å². The van der Waals surface area contributed by atoms with E-state index in [0.29, 0.717) is 31.1 Å². The largest absolute Gasteiger partial charge is 0.494 e. The molecule has 1 aliphatic heterocycles. The van der Waals surface area contributed by atoms with Crippen molar-refractivity contribution in [3.63, 3.8) is 0 Å². The molecule has 1 fully saturated rings. The van der Waals surface area contributed by atoms with Crippen molar-refractivity contribution in [3.8, 4) is 5.75 Å². The lowest BCUT2D eigenvalue weighted by Gasteiger charge is -2.32. The summed E-state index contributed by atoms with van der Waals surface area (Å²) in [5.74, 6) is 0.736. The minimum absolute atomic E-state index is 0.0473. The molecular formula is C20H25N3O3S. The number of likely N-dealkylation sites (tertiary alicyclic amines) is 1. The van der Waals surface area contributed by atoms with Crippen molar-refractivity contribution in [2.45, 2.75) is 32.6 Å². The third-order valence-corrected chi connectivity index (χ3v) is 5.36. The van der Waals surface area contributed by atoms with Crippen LogP contribution >= 0.6 is 11.3 Å². The van der Waals surface area contributed by atoms with Gasteiger partial charge in [0.15, 0.2) is 5.13 Å². The van der Waals surface area contributed by atoms with E-state index in [1.807, 2.05) is 41.5 Å². The highest BCUT2D eigenvalue weighted by molar-refractivity contribution is 7.13. The number of carbonyl (C=O) groups excluding carboxylic acids is 2. The Balaban J connectivity index is 1.48. The van der Waals surface area contributed by atoms with Crippen molar-refractivity contribution in [2.75, 3.05) is 25.0 Å². The molecule has 1 N–H and O–H groups in total. The van der Waals surface area contributed by atoms with Gasteiger partial charge >= 0.3 is 0 Å². The fourth-order valence-electron chi connectivity index (χ4n) is 3.24. The van der Waals surface area contributed by atoms with Crippen molar-refractivity contribution in [2.24, 2.45) is 5.92 Å². The zero-order chi connectivity index (χ0) is 19.1. The van der Waals surface area contributed by atoms with Gasteiger partial charge in [0, 0.05) is 31.1 Å². The quantitative estimate of drug-likeness (QED) is 0.791. The van der Waals surface area contributed by atoms with Gasteiger partial charge in [-0.25, -0.2) is 4.98 Å². The van der Waals surface area contributed by atoms with E-state index in [1.165, 1.54) is 11.3 Å². The summed E-state index contributed by atoms with van der Waals surface area (Å²) < 4.78 is 5.44. The molecule has 6 nitrogen and oxygen atoms in total. The molecule has 1 unspecified atom stereocenters. The number of hydrogen-bond acceptors (Lipinski definition) is 5. The first-order chi connectivity index (χ1) is 13.2. The number of anilines is 1. The maximum absolute atomic E-state index is 12.6. The molecule has 0 bridgehead atoms. The van der Waals surface area contributed by atoms with Crippen molar-refractivity contribution in [3.05, 3.63) is 41.4 Å². The number of nitrogens with zero attached hydrogens (tertiary/aromatic N) is 2. The van der Waals surface area contributed by atoms with Crippen LogP contribution in [0.3, 0.4) is 0 Å². The summed E-state index contributed by atoms with van der Waals surface area (Å²) in [6.45, 7) is 3.81. The Labute approximate surface area is 163 Å². The molecule has 1 aromatic heterocycles. The predicted molar refractivity (Wildman–Crippen MR) is 106 cm³/mol. The normalized spacial score (nSPS) is 16.8. The monoisotopic (exact) mass is 387 g/mol. The summed E-state index contributed by atoms with van der Waals surface area (Å²) in [4.78, 5) is 30.9. The topological polar surface area (TPSA) is 71.5 Å². The minimum atomic E-state index is -0.169. The number of nitrogens with one attached hydrogen (secondary N) is 1. The van der Waals surface area contributed by atoms with Crippen LogP contribution in [0.4, 0.5) is 5.13 Å². The van der Waals surface area contributed by atoms with Crippen LogP contribution in [0.2, 0.25) is 0 Å². The third-order valence-electron chi connectivity index (χ3n) is 4.67. The molecule has 7 heteroatoms. The lowest BCUT2D eigenvalue weighted by atomic mass is 9.96. The molecule has 1 saturated heterocycles. The van der Waals surface area contributed by atoms with Gasteiger partial charge in [-0.1, -0.05) is 12.1 Å². The summed E-state index contributed by atoms with van der Waals surface area (Å²) in [5, 5.41) is 5.28. The Bertz CT molecular complexity index is 746. The maximum Gasteiger partial charge on any atom is 0.231 e. The highest BCUT2D eigenvalue weighted by Crippen LogP contribution is 2.21. The molecule has 1 aromatic carbocycles. The summed E-state index contributed by atoms with van der Waals surface area (Å²) in [7, 11) is 0. The van der Waals surface area contributed by atoms with E-state index < -0.39 is 0 Å². The number of piperidine rings is 1. The SMILES string of the molecule is CCOc1ccc(CCC(=O)N2CCCC(C(=O)Nc3nccs3)C2)cc1. The van der Waals surface area contributed by atoms with Gasteiger partial charge in [-0.05, 0) is 43.9 Å². The Morgan fingerprint density at radius 2 is 2.15 bits per heavy atom. The Morgan fingerprint density at radius 1 is 1.33 bits per heavy atom. The Hall–Kier alpha value is -2.41. The Kier molecular flexibility index (Phi) is 6.81. The number of rotatable bonds is 7. The molecule has 1 atom stereocenters. The van der Waals surface area contributed by atoms with Crippen molar-refractivity contribution >= 4 is 28.3 Å². The molecule has 2 heterocycles. The number of amides is 2. The molecule has 0 saturated carbocycles. The first kappa shape index (κ1) is 19.4. The van der Waals surface area contributed by atoms with Crippen LogP contribution in [0, 0.1) is 5.92 Å². The number of benzene rings is 1. The number of ether oxygens (including phenoxy) is 1. The van der Waals surface area contributed by atoms with Crippen LogP contribution in [-0.2, 0) is 16.0 Å². The van der Waals surface area contributed by atoms with E-state index in [0.717, 1.165) is 30.7 Å². The lowest BCUT2D eigenvalue weighted by molar-refractivity contribution is -0.134. The van der Waals surface area contributed by atoms with Gasteiger partial charge < -0.3 is 15.0 Å². The smallest absolute Gasteiger partial charge is 0.231 e. The molecule has 2 amide bonds. The van der Waals surface area contributed by atoms with Gasteiger partial charge in [0.1, 0.15) is 5.75 Å². The average molecular weight is 388 g/mol. The van der Waals surface area contributed by atoms with Gasteiger partial charge in [-0.2, -0.15) is 0 Å². The van der Waals surface area contributed by atoms with Crippen LogP contribution in [-0.4, -0.2) is 41.4 Å². The number of hydrogen-bond donors (Lipinski definition) is 1. The number of carbonyl (C=O) groups is 2. The molecule has 3 rings (SSSR count). The van der Waals surface area contributed by atoms with Crippen LogP contribution in [0.1, 0.15) is 31.7 Å². The van der Waals surface area contributed by atoms with Crippen molar-refractivity contribution in [1.82, 2.24) is 9.88 Å². The second kappa shape index (κ2) is 9.50. The highest BCUT2D eigenvalue weighted by Gasteiger charge is 2.28. The molecule has 27 heavy (non-hydrogen) atoms. The Morgan fingerprint density at radius 3 is 2.85 bits per heavy atom. The fraction of sp³-hybridized carbons (Fsp3) is 0.450. The predicted octanol–water partition coefficient (Wildman–Crippen LogP) is 3.35. The van der Waals surface area contributed by atoms with Crippen LogP contribution in [0.15, 0.2) is 35.8 Å². The molecule has 0 spiro atoms. The number of aryl methyl sites for hydroxylation is 1. The highest BCUT2D eigenvalue weighted by atomic mass is 32.1. The van der Waals surface area contributed by atoms with Gasteiger partial charge in [0.2, 0.25) is 11.8 Å². The van der Waals surface area contributed by atoms with Crippen LogP contribution < -0.4 is 10.1 Å². The zero-order valence-electron chi connectivity index (χ0n) is 15.5. The second-order valence-corrected chi connectivity index (χ2v) is 7.48. The molecule has 0 radical (unpaired) electrons. The summed E-state index contributed by atoms with van der Waals surface area (Å²) in [5.41, 5.74) is 1.11. The van der Waals surface area contributed by atoms with Gasteiger partial charge in [0.25, 0.3) is 0 Å². The van der Waals surface area contributed by atoms with E-state index in [4.69, 9.17) is 4.74 Å². The van der Waals surface area contributed by atoms with Gasteiger partial charge in [-0.15, -0.1) is 11.3 Å². The summed E-state index contributed by atoms with van der Waals surface area (Å²) in [6, 6.07) is 7.86. The van der Waals surface area contributed by atoms with E-state index in [1.54, 1.807) is 6.20 Å². The second-order valence-electron chi connectivity index (χ2n) is 6.58. The van der Waals surface area contributed by atoms with E-state index in [2.05, 4.69) is 10.3 Å². The molecule has 144 valence electrons. The summed E-state index contributed by atoms with van der Waals surface area (Å²) >= 11 is 1.40. The fourth-order valence-corrected chi connectivity index (χ4v) is 3.77. The van der Waals surface area contributed by atoms with E-state index in [9.17, 15) is 9.59 Å². The molecule has 0 aliphatic carbocycles. The molecular weight excluding hydrogens is 362 g/mol. The minimum Gasteiger partial charge on any atom is -0.494 e. The van der Waals surface area contributed by atoms with Gasteiger partial charge in [-0.3, -0.25) is 9.59 Å². The maximum atomic E-state index is 12.6. The third kappa shape index (κ3) is 5.53. The average Bonchev–Trinajstić information content (AvgIpc) is 3.20. The van der Waals surface area contributed by atoms with E-state index in [-0.39, 0.29) is 17.7 Å². The van der Waals surface area contributed by atoms with Crippen LogP contribution in [0.25, 0.3) is 0 Å². The lowest BCUT2D eigenvalue weighted by Crippen LogP contribution is -2.43. The van der Waals surface area contributed by atoms with E-state index >= 15 is 0 Å². The first-order valence-corrected chi connectivity index (χ1v) is 10.2. The van der Waals surface area contributed by atoms with Crippen molar-refractivity contribution in [1.29, 1.82) is 0 Å². The number of aromatic nitrogens is 1. The molecule has 1 aliphatic rings. The number of thiazole rings is 1. The zero-order valence-corrected chi connectivity index (χ0v) is 16.3. The van der Waals surface area contributed by atoms with Crippen molar-refractivity contribution < 1.29 is 14.3 Å². The molecule has 2 aromatic rings. The standard InChI is InChI=1S/C20H25N3O3S/c1-2-26-17-8-5-15(6-9-17)7-10-18(24)23-12-3-4-16(14-23)19(25)22-20-21-11-13-27-20/h5-6,8-9,11,13,16H,2-4,7,10,12,14H2,1H3,(H,21,22,25). The van der Waals surface area contributed by atoms with Gasteiger partial charge in [0.05, 0.1) is 12.5 Å². The first-order valence-electron chi connectivity index (χ1n) is 9.35. The summed E-state index contributed by atoms with van der Waals surface area (Å²) in [6.07, 6.45) is 4.47.